The third kappa shape index (κ3) is 59.3. The predicted molar refractivity (Wildman–Crippen MR) is 316 cm³/mol. The van der Waals surface area contributed by atoms with Crippen LogP contribution in [-0.2, 0) is 28.6 Å². The third-order valence-corrected chi connectivity index (χ3v) is 13.4. The van der Waals surface area contributed by atoms with Crippen LogP contribution in [0.4, 0.5) is 0 Å². The van der Waals surface area contributed by atoms with Gasteiger partial charge in [-0.05, 0) is 89.9 Å². The first-order valence-electron chi connectivity index (χ1n) is 31.1. The normalized spacial score (nSPS) is 12.6. The zero-order valence-electron chi connectivity index (χ0n) is 48.1. The lowest BCUT2D eigenvalue weighted by atomic mass is 10.0. The molecule has 6 nitrogen and oxygen atoms in total. The molecule has 6 heteroatoms. The van der Waals surface area contributed by atoms with Crippen molar-refractivity contribution in [2.24, 2.45) is 0 Å². The molecule has 0 aromatic heterocycles. The van der Waals surface area contributed by atoms with Crippen LogP contribution >= 0.6 is 0 Å². The monoisotopic (exact) mass is 1020 g/mol. The Morgan fingerprint density at radius 1 is 0.288 bits per heavy atom. The minimum Gasteiger partial charge on any atom is -0.462 e. The molecule has 0 N–H and O–H groups in total. The summed E-state index contributed by atoms with van der Waals surface area (Å²) < 4.78 is 16.9. The summed E-state index contributed by atoms with van der Waals surface area (Å²) in [7, 11) is 0. The zero-order valence-corrected chi connectivity index (χ0v) is 48.1. The Kier molecular flexibility index (Phi) is 58.3. The third-order valence-electron chi connectivity index (χ3n) is 13.4. The van der Waals surface area contributed by atoms with Crippen LogP contribution < -0.4 is 0 Å². The highest BCUT2D eigenvalue weighted by Crippen LogP contribution is 2.16. The van der Waals surface area contributed by atoms with Gasteiger partial charge < -0.3 is 14.2 Å². The minimum absolute atomic E-state index is 0.0779. The maximum Gasteiger partial charge on any atom is 0.306 e. The average molecular weight is 1020 g/mol. The fourth-order valence-electron chi connectivity index (χ4n) is 8.80. The maximum atomic E-state index is 12.9. The molecule has 0 spiro atoms. The SMILES string of the molecule is CC/C=C\C/C=C\C/C=C\C/C=C\CCCCCCCCCCCCCCC(=O)OCC(COC(=O)CCCCCCCCCCCCCCC)OC(=O)CCCCCCCCC/C=C\C/C=C\C/C=C\CC. The van der Waals surface area contributed by atoms with Crippen molar-refractivity contribution in [1.82, 2.24) is 0 Å². The Morgan fingerprint density at radius 3 is 0.836 bits per heavy atom. The number of rotatable bonds is 56. The molecule has 73 heavy (non-hydrogen) atoms. The fourth-order valence-corrected chi connectivity index (χ4v) is 8.80. The number of ether oxygens (including phenoxy) is 3. The summed E-state index contributed by atoms with van der Waals surface area (Å²) in [6.07, 6.45) is 80.1. The van der Waals surface area contributed by atoms with Crippen LogP contribution in [0.15, 0.2) is 85.1 Å². The molecule has 0 heterocycles. The number of allylic oxidation sites excluding steroid dienone is 14. The van der Waals surface area contributed by atoms with Gasteiger partial charge in [-0.1, -0.05) is 279 Å². The molecule has 0 aromatic carbocycles. The summed E-state index contributed by atoms with van der Waals surface area (Å²) in [5.41, 5.74) is 0. The van der Waals surface area contributed by atoms with E-state index >= 15 is 0 Å². The van der Waals surface area contributed by atoms with Gasteiger partial charge in [-0.2, -0.15) is 0 Å². The van der Waals surface area contributed by atoms with Gasteiger partial charge in [0, 0.05) is 19.3 Å². The molecule has 0 rings (SSSR count). The smallest absolute Gasteiger partial charge is 0.306 e. The fraction of sp³-hybridized carbons (Fsp3) is 0.746. The highest BCUT2D eigenvalue weighted by atomic mass is 16.6. The van der Waals surface area contributed by atoms with Gasteiger partial charge in [0.25, 0.3) is 0 Å². The lowest BCUT2D eigenvalue weighted by molar-refractivity contribution is -0.167. The molecule has 1 atom stereocenters. The van der Waals surface area contributed by atoms with E-state index in [9.17, 15) is 14.4 Å². The van der Waals surface area contributed by atoms with Gasteiger partial charge >= 0.3 is 17.9 Å². The van der Waals surface area contributed by atoms with Crippen LogP contribution in [0, 0.1) is 0 Å². The Bertz CT molecular complexity index is 1400. The molecule has 0 aliphatic carbocycles. The summed E-state index contributed by atoms with van der Waals surface area (Å²) in [5, 5.41) is 0. The van der Waals surface area contributed by atoms with Crippen molar-refractivity contribution < 1.29 is 28.6 Å². The molecule has 0 aliphatic rings. The topological polar surface area (TPSA) is 78.9 Å². The molecule has 0 fully saturated rings. The quantitative estimate of drug-likeness (QED) is 0.0261. The van der Waals surface area contributed by atoms with Crippen LogP contribution in [0.25, 0.3) is 0 Å². The molecule has 0 bridgehead atoms. The van der Waals surface area contributed by atoms with Gasteiger partial charge in [-0.3, -0.25) is 14.4 Å². The standard InChI is InChI=1S/C67H116O6/c1-4-7-10-13-16-19-22-25-27-29-30-31-32-33-34-35-36-38-39-42-45-48-51-54-57-60-66(69)72-63-64(62-71-65(68)59-56-53-50-47-44-41-24-21-18-15-12-9-6-3)73-67(70)61-58-55-52-49-46-43-40-37-28-26-23-20-17-14-11-8-5-2/h7-8,10-11,16-17,19-20,25-28,30-31,64H,4-6,9,12-15,18,21-24,29,32-63H2,1-3H3/b10-7-,11-8-,19-16-,20-17-,27-25-,28-26-,31-30-. The largest absolute Gasteiger partial charge is 0.462 e. The second-order valence-electron chi connectivity index (χ2n) is 20.6. The van der Waals surface area contributed by atoms with Gasteiger partial charge in [0.05, 0.1) is 0 Å². The molecule has 0 aliphatic heterocycles. The second-order valence-corrected chi connectivity index (χ2v) is 20.6. The van der Waals surface area contributed by atoms with Crippen LogP contribution in [0.1, 0.15) is 303 Å². The second kappa shape index (κ2) is 61.1. The summed E-state index contributed by atoms with van der Waals surface area (Å²) in [4.78, 5) is 38.3. The van der Waals surface area contributed by atoms with E-state index in [0.717, 1.165) is 109 Å². The van der Waals surface area contributed by atoms with E-state index in [1.54, 1.807) is 0 Å². The maximum absolute atomic E-state index is 12.9. The summed E-state index contributed by atoms with van der Waals surface area (Å²) in [6.45, 7) is 6.44. The van der Waals surface area contributed by atoms with Gasteiger partial charge in [-0.25, -0.2) is 0 Å². The van der Waals surface area contributed by atoms with E-state index in [0.29, 0.717) is 19.3 Å². The van der Waals surface area contributed by atoms with E-state index in [1.807, 2.05) is 0 Å². The van der Waals surface area contributed by atoms with E-state index < -0.39 is 6.10 Å². The van der Waals surface area contributed by atoms with E-state index in [-0.39, 0.29) is 31.1 Å². The number of hydrogen-bond donors (Lipinski definition) is 0. The highest BCUT2D eigenvalue weighted by molar-refractivity contribution is 5.71. The van der Waals surface area contributed by atoms with Crippen LogP contribution in [-0.4, -0.2) is 37.2 Å². The van der Waals surface area contributed by atoms with Gasteiger partial charge in [0.1, 0.15) is 13.2 Å². The molecule has 420 valence electrons. The minimum atomic E-state index is -0.781. The zero-order chi connectivity index (χ0) is 52.9. The van der Waals surface area contributed by atoms with E-state index in [1.165, 1.54) is 154 Å². The van der Waals surface area contributed by atoms with Gasteiger partial charge in [0.2, 0.25) is 0 Å². The summed E-state index contributed by atoms with van der Waals surface area (Å²) in [6, 6.07) is 0. The summed E-state index contributed by atoms with van der Waals surface area (Å²) >= 11 is 0. The first-order valence-corrected chi connectivity index (χ1v) is 31.1. The van der Waals surface area contributed by atoms with Crippen LogP contribution in [0.3, 0.4) is 0 Å². The van der Waals surface area contributed by atoms with E-state index in [4.69, 9.17) is 14.2 Å². The van der Waals surface area contributed by atoms with Crippen molar-refractivity contribution in [2.75, 3.05) is 13.2 Å². The first-order chi connectivity index (χ1) is 36.0. The lowest BCUT2D eigenvalue weighted by Gasteiger charge is -2.18. The predicted octanol–water partition coefficient (Wildman–Crippen LogP) is 21.1. The number of esters is 3. The summed E-state index contributed by atoms with van der Waals surface area (Å²) in [5.74, 6) is -0.878. The number of carbonyl (C=O) groups excluding carboxylic acids is 3. The molecule has 0 radical (unpaired) electrons. The Morgan fingerprint density at radius 2 is 0.534 bits per heavy atom. The van der Waals surface area contributed by atoms with Crippen molar-refractivity contribution >= 4 is 17.9 Å². The van der Waals surface area contributed by atoms with Crippen LogP contribution in [0.2, 0.25) is 0 Å². The first kappa shape index (κ1) is 69.6. The Hall–Kier alpha value is -3.41. The molecule has 1 unspecified atom stereocenters. The molecule has 0 saturated heterocycles. The van der Waals surface area contributed by atoms with Crippen molar-refractivity contribution in [3.8, 4) is 0 Å². The van der Waals surface area contributed by atoms with Gasteiger partial charge in [0.15, 0.2) is 6.10 Å². The van der Waals surface area contributed by atoms with E-state index in [2.05, 4.69) is 106 Å². The Labute approximate surface area is 452 Å². The Balaban J connectivity index is 4.30. The highest BCUT2D eigenvalue weighted by Gasteiger charge is 2.19. The molecular weight excluding hydrogens is 901 g/mol. The van der Waals surface area contributed by atoms with Crippen LogP contribution in [0.5, 0.6) is 0 Å². The van der Waals surface area contributed by atoms with Crippen molar-refractivity contribution in [3.05, 3.63) is 85.1 Å². The van der Waals surface area contributed by atoms with Gasteiger partial charge in [-0.15, -0.1) is 0 Å². The number of carbonyl (C=O) groups is 3. The molecular formula is C67H116O6. The molecule has 0 saturated carbocycles. The molecule has 0 aromatic rings. The lowest BCUT2D eigenvalue weighted by Crippen LogP contribution is -2.30. The average Bonchev–Trinajstić information content (AvgIpc) is 3.39. The van der Waals surface area contributed by atoms with Crippen molar-refractivity contribution in [3.63, 3.8) is 0 Å². The molecule has 0 amide bonds. The van der Waals surface area contributed by atoms with Crippen molar-refractivity contribution in [1.29, 1.82) is 0 Å². The number of hydrogen-bond acceptors (Lipinski definition) is 6. The van der Waals surface area contributed by atoms with Crippen molar-refractivity contribution in [2.45, 2.75) is 309 Å². The number of unbranched alkanes of at least 4 members (excludes halogenated alkanes) is 31.